The van der Waals surface area contributed by atoms with Crippen LogP contribution >= 0.6 is 11.6 Å². The topological polar surface area (TPSA) is 104 Å². The van der Waals surface area contributed by atoms with Gasteiger partial charge in [0, 0.05) is 74.4 Å². The fourth-order valence-electron chi connectivity index (χ4n) is 8.71. The number of amides is 2. The van der Waals surface area contributed by atoms with Crippen molar-refractivity contribution >= 4 is 51.1 Å². The van der Waals surface area contributed by atoms with Crippen LogP contribution in [0.2, 0.25) is 5.02 Å². The Bertz CT molecular complexity index is 2280. The molecule has 0 unspecified atom stereocenters. The summed E-state index contributed by atoms with van der Waals surface area (Å²) in [5, 5.41) is 2.39. The molecule has 56 heavy (non-hydrogen) atoms. The van der Waals surface area contributed by atoms with Gasteiger partial charge in [-0.05, 0) is 70.9 Å². The van der Waals surface area contributed by atoms with Crippen LogP contribution in [-0.2, 0) is 9.53 Å². The number of fused-ring (bicyclic) bond motifs is 3. The van der Waals surface area contributed by atoms with Crippen LogP contribution in [-0.4, -0.2) is 118 Å². The molecule has 0 spiro atoms. The quantitative estimate of drug-likeness (QED) is 0.194. The number of hydrogen-bond donors (Lipinski definition) is 0. The molecule has 0 aliphatic carbocycles. The Kier molecular flexibility index (Phi) is 9.72. The number of benzene rings is 2. The van der Waals surface area contributed by atoms with Gasteiger partial charge in [-0.1, -0.05) is 47.9 Å². The number of aromatic nitrogens is 3. The predicted molar refractivity (Wildman–Crippen MR) is 211 cm³/mol. The number of carbonyl (C=O) groups is 2. The summed E-state index contributed by atoms with van der Waals surface area (Å²) in [5.74, 6) is 5.37. The van der Waals surface area contributed by atoms with Crippen LogP contribution in [0.3, 0.4) is 0 Å². The summed E-state index contributed by atoms with van der Waals surface area (Å²) in [5.41, 5.74) is -0.898. The van der Waals surface area contributed by atoms with Crippen molar-refractivity contribution in [3.05, 3.63) is 53.4 Å². The number of carbonyl (C=O) groups excluding carboxylic acids is 2. The molecule has 4 aliphatic rings. The molecule has 2 aromatic carbocycles. The third-order valence-electron chi connectivity index (χ3n) is 11.5. The number of nitrogens with zero attached hydrogens (tertiary/aromatic N) is 7. The van der Waals surface area contributed by atoms with Crippen molar-refractivity contribution in [1.82, 2.24) is 29.7 Å². The van der Waals surface area contributed by atoms with Gasteiger partial charge in [-0.2, -0.15) is 9.97 Å². The third kappa shape index (κ3) is 7.18. The highest BCUT2D eigenvalue weighted by Gasteiger charge is 2.49. The summed E-state index contributed by atoms with van der Waals surface area (Å²) in [4.78, 5) is 47.2. The molecule has 8 rings (SSSR count). The molecular formula is C42H46ClF2N7O4. The van der Waals surface area contributed by atoms with Gasteiger partial charge in [0.1, 0.15) is 35.4 Å². The van der Waals surface area contributed by atoms with Crippen LogP contribution < -0.4 is 9.64 Å². The zero-order valence-corrected chi connectivity index (χ0v) is 33.1. The third-order valence-corrected chi connectivity index (χ3v) is 11.8. The zero-order valence-electron chi connectivity index (χ0n) is 32.4. The van der Waals surface area contributed by atoms with Gasteiger partial charge in [0.25, 0.3) is 5.91 Å². The Balaban J connectivity index is 1.06. The molecule has 2 amide bonds. The fourth-order valence-corrected chi connectivity index (χ4v) is 9.00. The standard InChI is InChI=1S/C42H46ClF2N7O4/c1-40(2,3)56-39(54)51-23-41(4,24-51)16-13-32(53)50-18-14-28(22-50)49(5)37-30-20-46-35(29-11-6-9-26-10-7-12-31(43)33(26)29)34(45)36(30)47-38(48-37)55-25-42-15-8-17-52(42)21-27(44)19-42/h6-7,9-12,20,27-28H,8,14-15,17-19,21-25H2,1-5H3/t27-,28-,42+/m1/s1. The smallest absolute Gasteiger partial charge is 0.410 e. The molecule has 4 aliphatic heterocycles. The number of likely N-dealkylation sites (N-methyl/N-ethyl adjacent to an activating group) is 1. The van der Waals surface area contributed by atoms with Gasteiger partial charge in [-0.3, -0.25) is 14.7 Å². The van der Waals surface area contributed by atoms with Crippen LogP contribution in [0.4, 0.5) is 19.4 Å². The SMILES string of the molecule is CN(c1nc(OC[C@@]23CCCN2C[C@H](F)C3)nc2c(F)c(-c3cccc4cccc(Cl)c34)ncc12)[C@@H]1CCN(C(=O)C#CC2(C)CN(C(=O)OC(C)(C)C)C2)C1. The average Bonchev–Trinajstić information content (AvgIpc) is 3.86. The van der Waals surface area contributed by atoms with Gasteiger partial charge in [0.2, 0.25) is 0 Å². The minimum absolute atomic E-state index is 0.0131. The number of rotatable bonds is 6. The van der Waals surface area contributed by atoms with E-state index in [2.05, 4.69) is 26.7 Å². The van der Waals surface area contributed by atoms with E-state index in [1.807, 2.05) is 63.9 Å². The van der Waals surface area contributed by atoms with E-state index in [0.717, 1.165) is 24.8 Å². The van der Waals surface area contributed by atoms with Crippen LogP contribution in [0.15, 0.2) is 42.6 Å². The average molecular weight is 786 g/mol. The number of anilines is 1. The molecule has 14 heteroatoms. The summed E-state index contributed by atoms with van der Waals surface area (Å²) in [6.07, 6.45) is 2.98. The molecule has 0 saturated carbocycles. The van der Waals surface area contributed by atoms with Crippen molar-refractivity contribution in [2.45, 2.75) is 76.7 Å². The molecule has 0 radical (unpaired) electrons. The van der Waals surface area contributed by atoms with Gasteiger partial charge < -0.3 is 24.2 Å². The monoisotopic (exact) mass is 785 g/mol. The molecule has 11 nitrogen and oxygen atoms in total. The Morgan fingerprint density at radius 3 is 2.62 bits per heavy atom. The molecule has 0 N–H and O–H groups in total. The summed E-state index contributed by atoms with van der Waals surface area (Å²) >= 11 is 6.64. The van der Waals surface area contributed by atoms with Crippen molar-refractivity contribution in [2.24, 2.45) is 5.41 Å². The summed E-state index contributed by atoms with van der Waals surface area (Å²) in [6, 6.07) is 10.9. The highest BCUT2D eigenvalue weighted by molar-refractivity contribution is 6.36. The second-order valence-corrected chi connectivity index (χ2v) is 17.4. The lowest BCUT2D eigenvalue weighted by molar-refractivity contribution is -0.124. The largest absolute Gasteiger partial charge is 0.461 e. The maximum Gasteiger partial charge on any atom is 0.410 e. The van der Waals surface area contributed by atoms with E-state index >= 15 is 4.39 Å². The van der Waals surface area contributed by atoms with Gasteiger partial charge in [0.15, 0.2) is 5.82 Å². The zero-order chi connectivity index (χ0) is 39.6. The first-order valence-electron chi connectivity index (χ1n) is 19.2. The predicted octanol–water partition coefficient (Wildman–Crippen LogP) is 6.89. The molecule has 6 heterocycles. The van der Waals surface area contributed by atoms with E-state index in [9.17, 15) is 14.0 Å². The number of hydrogen-bond acceptors (Lipinski definition) is 9. The molecule has 0 bridgehead atoms. The first-order valence-corrected chi connectivity index (χ1v) is 19.6. The summed E-state index contributed by atoms with van der Waals surface area (Å²) < 4.78 is 43.3. The van der Waals surface area contributed by atoms with Crippen LogP contribution in [0.5, 0.6) is 6.01 Å². The van der Waals surface area contributed by atoms with Gasteiger partial charge >= 0.3 is 12.1 Å². The lowest BCUT2D eigenvalue weighted by Crippen LogP contribution is -2.57. The minimum atomic E-state index is -0.932. The highest BCUT2D eigenvalue weighted by atomic mass is 35.5. The van der Waals surface area contributed by atoms with Crippen molar-refractivity contribution in [2.75, 3.05) is 57.8 Å². The number of likely N-dealkylation sites (tertiary alicyclic amines) is 2. The Morgan fingerprint density at radius 1 is 1.09 bits per heavy atom. The molecule has 294 valence electrons. The number of halogens is 3. The van der Waals surface area contributed by atoms with E-state index in [4.69, 9.17) is 26.1 Å². The Labute approximate surface area is 330 Å². The molecule has 4 aromatic rings. The van der Waals surface area contributed by atoms with Gasteiger partial charge in [-0.15, -0.1) is 0 Å². The highest BCUT2D eigenvalue weighted by Crippen LogP contribution is 2.42. The molecule has 4 fully saturated rings. The first-order chi connectivity index (χ1) is 26.6. The summed E-state index contributed by atoms with van der Waals surface area (Å²) in [6.45, 7) is 10.3. The fraction of sp³-hybridized carbons (Fsp3) is 0.500. The Morgan fingerprint density at radius 2 is 1.86 bits per heavy atom. The van der Waals surface area contributed by atoms with Crippen LogP contribution in [0.1, 0.15) is 53.4 Å². The molecular weight excluding hydrogens is 740 g/mol. The van der Waals surface area contributed by atoms with Crippen LogP contribution in [0, 0.1) is 23.1 Å². The normalized spacial score (nSPS) is 23.1. The molecule has 4 saturated heterocycles. The van der Waals surface area contributed by atoms with E-state index in [0.29, 0.717) is 72.7 Å². The van der Waals surface area contributed by atoms with Crippen LogP contribution in [0.25, 0.3) is 32.9 Å². The van der Waals surface area contributed by atoms with Crippen molar-refractivity contribution in [3.8, 4) is 29.1 Å². The van der Waals surface area contributed by atoms with Gasteiger partial charge in [-0.25, -0.2) is 13.6 Å². The van der Waals surface area contributed by atoms with Crippen molar-refractivity contribution in [3.63, 3.8) is 0 Å². The number of ether oxygens (including phenoxy) is 2. The van der Waals surface area contributed by atoms with Gasteiger partial charge in [0.05, 0.1) is 16.3 Å². The number of alkyl halides is 1. The van der Waals surface area contributed by atoms with E-state index in [1.54, 1.807) is 28.1 Å². The molecule has 3 atom stereocenters. The Hall–Kier alpha value is -4.80. The first kappa shape index (κ1) is 38.1. The number of pyridine rings is 1. The van der Waals surface area contributed by atoms with E-state index in [-0.39, 0.29) is 35.8 Å². The van der Waals surface area contributed by atoms with Crippen molar-refractivity contribution < 1.29 is 27.8 Å². The lowest BCUT2D eigenvalue weighted by Gasteiger charge is -2.44. The second-order valence-electron chi connectivity index (χ2n) is 17.0. The maximum atomic E-state index is 16.9. The molecule has 2 aromatic heterocycles. The van der Waals surface area contributed by atoms with E-state index in [1.165, 1.54) is 0 Å². The van der Waals surface area contributed by atoms with E-state index < -0.39 is 34.6 Å². The maximum absolute atomic E-state index is 16.9. The minimum Gasteiger partial charge on any atom is -0.461 e. The van der Waals surface area contributed by atoms with Crippen molar-refractivity contribution in [1.29, 1.82) is 0 Å². The summed E-state index contributed by atoms with van der Waals surface area (Å²) in [7, 11) is 1.86. The lowest BCUT2D eigenvalue weighted by atomic mass is 9.83. The second kappa shape index (κ2) is 14.3.